The highest BCUT2D eigenvalue weighted by molar-refractivity contribution is 5.87. The third kappa shape index (κ3) is 4.32. The van der Waals surface area contributed by atoms with Gasteiger partial charge in [-0.2, -0.15) is 15.5 Å². The number of carbonyl (C=O) groups excluding carboxylic acids is 1. The Kier molecular flexibility index (Phi) is 5.85. The Morgan fingerprint density at radius 1 is 1.03 bits per heavy atom. The molecule has 4 aromatic rings. The third-order valence-corrected chi connectivity index (χ3v) is 7.50. The van der Waals surface area contributed by atoms with Crippen LogP contribution in [0.3, 0.4) is 0 Å². The first kappa shape index (κ1) is 23.2. The number of nitrogens with zero attached hydrogens (tertiary/aromatic N) is 8. The van der Waals surface area contributed by atoms with Gasteiger partial charge >= 0.3 is 0 Å². The first-order valence-electron chi connectivity index (χ1n) is 12.6. The van der Waals surface area contributed by atoms with Crippen molar-refractivity contribution in [3.05, 3.63) is 54.7 Å². The van der Waals surface area contributed by atoms with Gasteiger partial charge in [-0.15, -0.1) is 0 Å². The molecule has 0 bridgehead atoms. The van der Waals surface area contributed by atoms with Crippen LogP contribution >= 0.6 is 0 Å². The van der Waals surface area contributed by atoms with Gasteiger partial charge in [0.25, 0.3) is 0 Å². The molecular formula is C27H28N8O2. The molecule has 1 saturated heterocycles. The minimum absolute atomic E-state index is 0.0416. The predicted octanol–water partition coefficient (Wildman–Crippen LogP) is 2.48. The number of piperazine rings is 1. The molecule has 1 N–H and O–H groups in total. The smallest absolute Gasteiger partial charge is 0.225 e. The number of fused-ring (bicyclic) bond motifs is 1. The Morgan fingerprint density at radius 3 is 2.51 bits per heavy atom. The maximum absolute atomic E-state index is 12.8. The van der Waals surface area contributed by atoms with E-state index in [4.69, 9.17) is 4.98 Å². The van der Waals surface area contributed by atoms with E-state index in [0.717, 1.165) is 59.5 Å². The van der Waals surface area contributed by atoms with E-state index in [9.17, 15) is 15.2 Å². The number of hydrogen-bond donors (Lipinski definition) is 1. The number of pyridine rings is 2. The lowest BCUT2D eigenvalue weighted by atomic mass is 10.0. The van der Waals surface area contributed by atoms with Gasteiger partial charge in [-0.3, -0.25) is 9.48 Å². The first-order valence-corrected chi connectivity index (χ1v) is 12.6. The maximum atomic E-state index is 12.8. The van der Waals surface area contributed by atoms with Crippen molar-refractivity contribution in [2.24, 2.45) is 13.0 Å². The number of anilines is 1. The molecule has 188 valence electrons. The van der Waals surface area contributed by atoms with Gasteiger partial charge < -0.3 is 14.9 Å². The first-order chi connectivity index (χ1) is 18.0. The van der Waals surface area contributed by atoms with Gasteiger partial charge in [0.05, 0.1) is 29.6 Å². The van der Waals surface area contributed by atoms with Gasteiger partial charge in [-0.05, 0) is 37.5 Å². The zero-order valence-electron chi connectivity index (χ0n) is 20.7. The van der Waals surface area contributed by atoms with E-state index in [1.807, 2.05) is 42.7 Å². The molecule has 1 amide bonds. The quantitative estimate of drug-likeness (QED) is 0.461. The van der Waals surface area contributed by atoms with Crippen molar-refractivity contribution in [3.63, 3.8) is 0 Å². The number of amides is 1. The SMILES string of the molecule is Cn1cc(-c2cc(-c3ccc(N4CCN(C(=O)[C@H]5CC[C@H](O)C5)CC4)nc3)c3c(C#N)cnn3c2)cn1. The molecule has 0 unspecified atom stereocenters. The van der Waals surface area contributed by atoms with E-state index in [1.54, 1.807) is 21.6 Å². The molecule has 2 atom stereocenters. The average Bonchev–Trinajstić information content (AvgIpc) is 3.67. The van der Waals surface area contributed by atoms with E-state index in [2.05, 4.69) is 27.2 Å². The number of aromatic nitrogens is 5. The number of aryl methyl sites for hydroxylation is 1. The molecule has 0 spiro atoms. The lowest BCUT2D eigenvalue weighted by Crippen LogP contribution is -2.50. The van der Waals surface area contributed by atoms with Crippen molar-refractivity contribution in [2.75, 3.05) is 31.1 Å². The van der Waals surface area contributed by atoms with Crippen LogP contribution in [0.2, 0.25) is 0 Å². The van der Waals surface area contributed by atoms with E-state index in [0.29, 0.717) is 25.1 Å². The molecule has 37 heavy (non-hydrogen) atoms. The molecule has 5 heterocycles. The fourth-order valence-electron chi connectivity index (χ4n) is 5.48. The van der Waals surface area contributed by atoms with Crippen LogP contribution < -0.4 is 4.90 Å². The summed E-state index contributed by atoms with van der Waals surface area (Å²) in [6.07, 6.45) is 10.8. The largest absolute Gasteiger partial charge is 0.393 e. The monoisotopic (exact) mass is 496 g/mol. The van der Waals surface area contributed by atoms with Crippen molar-refractivity contribution in [3.8, 4) is 28.3 Å². The van der Waals surface area contributed by atoms with Gasteiger partial charge in [0.15, 0.2) is 0 Å². The summed E-state index contributed by atoms with van der Waals surface area (Å²) >= 11 is 0. The van der Waals surface area contributed by atoms with E-state index < -0.39 is 0 Å². The topological polar surface area (TPSA) is 116 Å². The Labute approximate surface area is 214 Å². The summed E-state index contributed by atoms with van der Waals surface area (Å²) < 4.78 is 3.49. The van der Waals surface area contributed by atoms with Crippen LogP contribution in [-0.4, -0.2) is 72.6 Å². The highest BCUT2D eigenvalue weighted by atomic mass is 16.3. The Hall–Kier alpha value is -4.23. The van der Waals surface area contributed by atoms with Gasteiger partial charge in [-0.25, -0.2) is 9.50 Å². The standard InChI is InChI=1S/C27H28N8O2/c1-32-16-22(15-30-32)20-11-24(26-21(12-28)14-31-35(26)17-20)19-3-5-25(29-13-19)33-6-8-34(9-7-33)27(37)18-2-4-23(36)10-18/h3,5,11,13-18,23,36H,2,4,6-10H2,1H3/t18-,23-/m0/s1. The summed E-state index contributed by atoms with van der Waals surface area (Å²) in [4.78, 5) is 21.7. The fraction of sp³-hybridized carbons (Fsp3) is 0.370. The molecular weight excluding hydrogens is 468 g/mol. The van der Waals surface area contributed by atoms with Crippen molar-refractivity contribution in [2.45, 2.75) is 25.4 Å². The second-order valence-corrected chi connectivity index (χ2v) is 9.89. The molecule has 1 saturated carbocycles. The second kappa shape index (κ2) is 9.33. The molecule has 10 nitrogen and oxygen atoms in total. The summed E-state index contributed by atoms with van der Waals surface area (Å²) in [6, 6.07) is 8.32. The number of rotatable bonds is 4. The van der Waals surface area contributed by atoms with Gasteiger partial charge in [0.1, 0.15) is 11.9 Å². The van der Waals surface area contributed by atoms with Crippen LogP contribution in [0.15, 0.2) is 49.2 Å². The molecule has 1 aliphatic heterocycles. The maximum Gasteiger partial charge on any atom is 0.225 e. The van der Waals surface area contributed by atoms with Gasteiger partial charge in [0, 0.05) is 80.0 Å². The number of carbonyl (C=O) groups is 1. The summed E-state index contributed by atoms with van der Waals surface area (Å²) in [5.74, 6) is 0.992. The fourth-order valence-corrected chi connectivity index (χ4v) is 5.48. The highest BCUT2D eigenvalue weighted by Crippen LogP contribution is 2.32. The van der Waals surface area contributed by atoms with Crippen molar-refractivity contribution < 1.29 is 9.90 Å². The van der Waals surface area contributed by atoms with Crippen molar-refractivity contribution >= 4 is 17.2 Å². The van der Waals surface area contributed by atoms with E-state index >= 15 is 0 Å². The molecule has 4 aromatic heterocycles. The predicted molar refractivity (Wildman–Crippen MR) is 137 cm³/mol. The van der Waals surface area contributed by atoms with Gasteiger partial charge in [-0.1, -0.05) is 0 Å². The highest BCUT2D eigenvalue weighted by Gasteiger charge is 2.33. The number of hydrogen-bond acceptors (Lipinski definition) is 7. The van der Waals surface area contributed by atoms with Crippen LogP contribution in [0.4, 0.5) is 5.82 Å². The number of aliphatic hydroxyl groups excluding tert-OH is 1. The van der Waals surface area contributed by atoms with Crippen LogP contribution in [0, 0.1) is 17.2 Å². The summed E-state index contributed by atoms with van der Waals surface area (Å²) in [5, 5.41) is 28.1. The van der Waals surface area contributed by atoms with Crippen LogP contribution in [0.5, 0.6) is 0 Å². The molecule has 0 aromatic carbocycles. The third-order valence-electron chi connectivity index (χ3n) is 7.50. The van der Waals surface area contributed by atoms with Crippen LogP contribution in [0.25, 0.3) is 27.8 Å². The van der Waals surface area contributed by atoms with Crippen molar-refractivity contribution in [1.82, 2.24) is 29.3 Å². The second-order valence-electron chi connectivity index (χ2n) is 9.89. The Balaban J connectivity index is 1.23. The molecule has 0 radical (unpaired) electrons. The lowest BCUT2D eigenvalue weighted by Gasteiger charge is -2.36. The zero-order valence-corrected chi connectivity index (χ0v) is 20.7. The Bertz CT molecular complexity index is 1490. The van der Waals surface area contributed by atoms with Crippen molar-refractivity contribution in [1.29, 1.82) is 5.26 Å². The van der Waals surface area contributed by atoms with Crippen LogP contribution in [-0.2, 0) is 11.8 Å². The molecule has 6 rings (SSSR count). The minimum Gasteiger partial charge on any atom is -0.393 e. The van der Waals surface area contributed by atoms with Gasteiger partial charge in [0.2, 0.25) is 5.91 Å². The molecule has 2 fully saturated rings. The number of nitriles is 1. The zero-order chi connectivity index (χ0) is 25.5. The summed E-state index contributed by atoms with van der Waals surface area (Å²) in [5.41, 5.74) is 4.93. The minimum atomic E-state index is -0.337. The summed E-state index contributed by atoms with van der Waals surface area (Å²) in [6.45, 7) is 2.75. The normalized spacial score (nSPS) is 19.9. The average molecular weight is 497 g/mol. The molecule has 1 aliphatic carbocycles. The van der Waals surface area contributed by atoms with E-state index in [-0.39, 0.29) is 17.9 Å². The summed E-state index contributed by atoms with van der Waals surface area (Å²) in [7, 11) is 1.88. The number of aliphatic hydroxyl groups is 1. The van der Waals surface area contributed by atoms with Crippen LogP contribution in [0.1, 0.15) is 24.8 Å². The molecule has 2 aliphatic rings. The Morgan fingerprint density at radius 2 is 1.86 bits per heavy atom. The lowest BCUT2D eigenvalue weighted by molar-refractivity contribution is -0.135. The van der Waals surface area contributed by atoms with E-state index in [1.165, 1.54) is 0 Å². The molecule has 10 heteroatoms.